The number of aromatic nitrogens is 2. The molecule has 3 aromatic rings. The second kappa shape index (κ2) is 10.5. The van der Waals surface area contributed by atoms with Gasteiger partial charge < -0.3 is 19.5 Å². The number of benzene rings is 2. The normalized spacial score (nSPS) is 14.5. The molecule has 1 aliphatic rings. The van der Waals surface area contributed by atoms with Crippen molar-refractivity contribution >= 4 is 22.5 Å². The first-order chi connectivity index (χ1) is 16.9. The Labute approximate surface area is 208 Å². The average molecular weight is 498 g/mol. The molecule has 0 saturated heterocycles. The number of carbonyl (C=O) groups is 1. The zero-order valence-corrected chi connectivity index (χ0v) is 21.6. The van der Waals surface area contributed by atoms with E-state index in [1.807, 2.05) is 52.8 Å². The lowest BCUT2D eigenvalue weighted by molar-refractivity contribution is 0.102. The maximum Gasteiger partial charge on any atom is 0.257 e. The maximum atomic E-state index is 13.5. The van der Waals surface area contributed by atoms with Gasteiger partial charge in [0.05, 0.1) is 42.7 Å². The molecule has 186 valence electrons. The zero-order chi connectivity index (χ0) is 25.1. The molecule has 0 spiro atoms. The predicted octanol–water partition coefficient (Wildman–Crippen LogP) is 4.70. The van der Waals surface area contributed by atoms with Crippen LogP contribution in [0.15, 0.2) is 30.3 Å². The standard InChI is InChI=1S/C26H31N3O5S/c1-6-32-22-12-18(13-23(33-7-2)24(22)34-8-3)26(30)27-25-19-14-35(31)15-20(19)28-29(25)21-11-9-10-16(4)17(21)5/h9-13H,6-8,14-15H2,1-5H3,(H,27,30)/t35-/m1/s1. The van der Waals surface area contributed by atoms with E-state index in [1.54, 1.807) is 16.8 Å². The Hall–Kier alpha value is -3.33. The number of hydrogen-bond donors (Lipinski definition) is 1. The fraction of sp³-hybridized carbons (Fsp3) is 0.385. The number of ether oxygens (including phenoxy) is 3. The summed E-state index contributed by atoms with van der Waals surface area (Å²) in [6, 6.07) is 9.28. The zero-order valence-electron chi connectivity index (χ0n) is 20.8. The van der Waals surface area contributed by atoms with E-state index >= 15 is 0 Å². The molecule has 0 bridgehead atoms. The minimum atomic E-state index is -1.03. The summed E-state index contributed by atoms with van der Waals surface area (Å²) in [7, 11) is -1.03. The van der Waals surface area contributed by atoms with Crippen LogP contribution in [-0.4, -0.2) is 39.7 Å². The summed E-state index contributed by atoms with van der Waals surface area (Å²) in [6.07, 6.45) is 0. The van der Waals surface area contributed by atoms with Crippen LogP contribution in [0.5, 0.6) is 17.2 Å². The first kappa shape index (κ1) is 24.8. The van der Waals surface area contributed by atoms with Crippen LogP contribution in [0.4, 0.5) is 5.82 Å². The molecule has 1 atom stereocenters. The largest absolute Gasteiger partial charge is 0.490 e. The molecule has 0 saturated carbocycles. The minimum Gasteiger partial charge on any atom is -0.490 e. The molecule has 9 heteroatoms. The van der Waals surface area contributed by atoms with Gasteiger partial charge in [-0.15, -0.1) is 0 Å². The van der Waals surface area contributed by atoms with Gasteiger partial charge in [-0.2, -0.15) is 5.10 Å². The van der Waals surface area contributed by atoms with Crippen molar-refractivity contribution in [2.75, 3.05) is 25.1 Å². The Kier molecular flexibility index (Phi) is 7.45. The lowest BCUT2D eigenvalue weighted by Gasteiger charge is -2.18. The molecule has 0 aliphatic carbocycles. The first-order valence-corrected chi connectivity index (χ1v) is 13.3. The Bertz CT molecular complexity index is 1260. The number of anilines is 1. The van der Waals surface area contributed by atoms with Crippen LogP contribution in [-0.2, 0) is 22.3 Å². The van der Waals surface area contributed by atoms with E-state index in [9.17, 15) is 9.00 Å². The summed E-state index contributed by atoms with van der Waals surface area (Å²) in [6.45, 7) is 10.9. The van der Waals surface area contributed by atoms with E-state index < -0.39 is 10.8 Å². The highest BCUT2D eigenvalue weighted by molar-refractivity contribution is 7.83. The summed E-state index contributed by atoms with van der Waals surface area (Å²) in [5.41, 5.74) is 4.96. The van der Waals surface area contributed by atoms with Crippen LogP contribution in [0, 0.1) is 13.8 Å². The van der Waals surface area contributed by atoms with Gasteiger partial charge in [0, 0.05) is 21.9 Å². The molecule has 0 radical (unpaired) electrons. The molecule has 0 fully saturated rings. The number of aryl methyl sites for hydroxylation is 1. The smallest absolute Gasteiger partial charge is 0.257 e. The van der Waals surface area contributed by atoms with Crippen molar-refractivity contribution in [3.05, 3.63) is 58.3 Å². The van der Waals surface area contributed by atoms with Crippen LogP contribution in [0.2, 0.25) is 0 Å². The second-order valence-corrected chi connectivity index (χ2v) is 9.65. The molecule has 35 heavy (non-hydrogen) atoms. The van der Waals surface area contributed by atoms with Crippen molar-refractivity contribution in [3.8, 4) is 22.9 Å². The van der Waals surface area contributed by atoms with E-state index in [-0.39, 0.29) is 5.91 Å². The Morgan fingerprint density at radius 1 is 1.03 bits per heavy atom. The first-order valence-electron chi connectivity index (χ1n) is 11.8. The highest BCUT2D eigenvalue weighted by atomic mass is 32.2. The van der Waals surface area contributed by atoms with Crippen LogP contribution >= 0.6 is 0 Å². The minimum absolute atomic E-state index is 0.345. The van der Waals surface area contributed by atoms with E-state index in [0.717, 1.165) is 28.1 Å². The van der Waals surface area contributed by atoms with Crippen molar-refractivity contribution in [3.63, 3.8) is 0 Å². The van der Waals surface area contributed by atoms with Crippen LogP contribution in [0.1, 0.15) is 53.5 Å². The lowest BCUT2D eigenvalue weighted by Crippen LogP contribution is -2.17. The molecule has 1 aliphatic heterocycles. The topological polar surface area (TPSA) is 91.7 Å². The quantitative estimate of drug-likeness (QED) is 0.461. The number of rotatable bonds is 9. The third kappa shape index (κ3) is 4.91. The molecule has 0 unspecified atom stereocenters. The van der Waals surface area contributed by atoms with Gasteiger partial charge >= 0.3 is 0 Å². The summed E-state index contributed by atoms with van der Waals surface area (Å²) < 4.78 is 31.3. The third-order valence-electron chi connectivity index (χ3n) is 5.88. The SMILES string of the molecule is CCOc1cc(C(=O)Nc2c3c(nn2-c2cccc(C)c2C)C[S@](=O)C3)cc(OCC)c1OCC. The molecule has 1 aromatic heterocycles. The summed E-state index contributed by atoms with van der Waals surface area (Å²) >= 11 is 0. The number of amides is 1. The number of nitrogens with zero attached hydrogens (tertiary/aromatic N) is 2. The summed E-state index contributed by atoms with van der Waals surface area (Å²) in [5, 5.41) is 7.77. The molecular weight excluding hydrogens is 466 g/mol. The molecular formula is C26H31N3O5S. The molecule has 4 rings (SSSR count). The van der Waals surface area contributed by atoms with Gasteiger partial charge in [0.2, 0.25) is 5.75 Å². The second-order valence-electron chi connectivity index (χ2n) is 8.19. The van der Waals surface area contributed by atoms with Crippen LogP contribution in [0.3, 0.4) is 0 Å². The molecule has 1 amide bonds. The number of hydrogen-bond acceptors (Lipinski definition) is 6. The number of fused-ring (bicyclic) bond motifs is 1. The van der Waals surface area contributed by atoms with Crippen molar-refractivity contribution in [2.45, 2.75) is 46.1 Å². The highest BCUT2D eigenvalue weighted by Gasteiger charge is 2.29. The van der Waals surface area contributed by atoms with Gasteiger partial charge in [-0.25, -0.2) is 4.68 Å². The van der Waals surface area contributed by atoms with Gasteiger partial charge in [0.1, 0.15) is 5.82 Å². The molecule has 2 aromatic carbocycles. The van der Waals surface area contributed by atoms with Crippen molar-refractivity contribution in [1.29, 1.82) is 0 Å². The Balaban J connectivity index is 1.78. The van der Waals surface area contributed by atoms with Gasteiger partial charge in [0.15, 0.2) is 11.5 Å². The third-order valence-corrected chi connectivity index (χ3v) is 7.08. The maximum absolute atomic E-state index is 13.5. The van der Waals surface area contributed by atoms with Crippen molar-refractivity contribution < 1.29 is 23.2 Å². The van der Waals surface area contributed by atoms with Crippen molar-refractivity contribution in [2.24, 2.45) is 0 Å². The van der Waals surface area contributed by atoms with E-state index in [0.29, 0.717) is 60.0 Å². The van der Waals surface area contributed by atoms with E-state index in [2.05, 4.69) is 5.32 Å². The Morgan fingerprint density at radius 3 is 2.31 bits per heavy atom. The summed E-state index contributed by atoms with van der Waals surface area (Å²) in [4.78, 5) is 13.5. The predicted molar refractivity (Wildman–Crippen MR) is 136 cm³/mol. The fourth-order valence-electron chi connectivity index (χ4n) is 4.09. The summed E-state index contributed by atoms with van der Waals surface area (Å²) in [5.74, 6) is 2.29. The van der Waals surface area contributed by atoms with Gasteiger partial charge in [-0.05, 0) is 63.9 Å². The van der Waals surface area contributed by atoms with E-state index in [1.165, 1.54) is 0 Å². The lowest BCUT2D eigenvalue weighted by atomic mass is 10.1. The van der Waals surface area contributed by atoms with Gasteiger partial charge in [-0.1, -0.05) is 12.1 Å². The number of carbonyl (C=O) groups excluding carboxylic acids is 1. The Morgan fingerprint density at radius 2 is 1.69 bits per heavy atom. The fourth-order valence-corrected chi connectivity index (χ4v) is 5.36. The van der Waals surface area contributed by atoms with Gasteiger partial charge in [0.25, 0.3) is 5.91 Å². The van der Waals surface area contributed by atoms with Crippen LogP contribution < -0.4 is 19.5 Å². The van der Waals surface area contributed by atoms with E-state index in [4.69, 9.17) is 19.3 Å². The number of nitrogens with one attached hydrogen (secondary N) is 1. The molecule has 8 nitrogen and oxygen atoms in total. The highest BCUT2D eigenvalue weighted by Crippen LogP contribution is 2.40. The monoisotopic (exact) mass is 497 g/mol. The van der Waals surface area contributed by atoms with Crippen molar-refractivity contribution in [1.82, 2.24) is 9.78 Å². The van der Waals surface area contributed by atoms with Gasteiger partial charge in [-0.3, -0.25) is 9.00 Å². The molecule has 1 N–H and O–H groups in total. The molecule has 2 heterocycles. The van der Waals surface area contributed by atoms with Crippen LogP contribution in [0.25, 0.3) is 5.69 Å². The average Bonchev–Trinajstić information content (AvgIpc) is 3.34.